The summed E-state index contributed by atoms with van der Waals surface area (Å²) >= 11 is 5.00. The van der Waals surface area contributed by atoms with Gasteiger partial charge in [-0.15, -0.1) is 11.6 Å². The molecular formula is C52H73ClNO+. The normalized spacial score (nSPS) is 14.9. The largest absolute Gasteiger partial charge is 0.397 e. The maximum Gasteiger partial charge on any atom is 0.0784 e. The van der Waals surface area contributed by atoms with Crippen molar-refractivity contribution in [2.45, 2.75) is 104 Å². The number of aryl methyl sites for hydroxylation is 1. The van der Waals surface area contributed by atoms with Crippen molar-refractivity contribution in [1.82, 2.24) is 0 Å². The Hall–Kier alpha value is -3.69. The van der Waals surface area contributed by atoms with E-state index in [1.807, 2.05) is 20.8 Å². The number of benzene rings is 5. The van der Waals surface area contributed by atoms with Gasteiger partial charge in [0, 0.05) is 12.5 Å². The number of nitrogens with zero attached hydrogens (tertiary/aromatic N) is 1. The molecule has 0 amide bonds. The Labute approximate surface area is 342 Å². The zero-order valence-corrected chi connectivity index (χ0v) is 36.3. The van der Waals surface area contributed by atoms with Crippen molar-refractivity contribution in [3.63, 3.8) is 0 Å². The van der Waals surface area contributed by atoms with E-state index in [0.717, 1.165) is 18.7 Å². The lowest BCUT2D eigenvalue weighted by molar-refractivity contribution is -0.912. The van der Waals surface area contributed by atoms with Crippen LogP contribution in [-0.2, 0) is 12.8 Å². The van der Waals surface area contributed by atoms with E-state index in [-0.39, 0.29) is 6.61 Å². The van der Waals surface area contributed by atoms with E-state index in [2.05, 4.69) is 173 Å². The van der Waals surface area contributed by atoms with Crippen LogP contribution in [0.15, 0.2) is 146 Å². The van der Waals surface area contributed by atoms with Gasteiger partial charge in [-0.05, 0) is 103 Å². The van der Waals surface area contributed by atoms with Gasteiger partial charge < -0.3 is 9.59 Å². The summed E-state index contributed by atoms with van der Waals surface area (Å²) in [6.07, 6.45) is 6.43. The van der Waals surface area contributed by atoms with Crippen molar-refractivity contribution in [2.75, 3.05) is 39.2 Å². The Morgan fingerprint density at radius 1 is 0.545 bits per heavy atom. The number of quaternary nitrogens is 1. The van der Waals surface area contributed by atoms with Crippen molar-refractivity contribution in [3.8, 4) is 0 Å². The Bertz CT molecular complexity index is 1600. The molecule has 6 rings (SSSR count). The quantitative estimate of drug-likeness (QED) is 0.105. The molecule has 4 unspecified atom stereocenters. The number of halogens is 1. The van der Waals surface area contributed by atoms with E-state index in [4.69, 9.17) is 16.7 Å². The van der Waals surface area contributed by atoms with Crippen LogP contribution in [0.25, 0.3) is 0 Å². The van der Waals surface area contributed by atoms with E-state index >= 15 is 0 Å². The minimum Gasteiger partial charge on any atom is -0.397 e. The molecule has 1 aliphatic heterocycles. The molecule has 1 aliphatic rings. The molecule has 0 bridgehead atoms. The number of rotatable bonds is 11. The van der Waals surface area contributed by atoms with Crippen LogP contribution in [0.4, 0.5) is 0 Å². The van der Waals surface area contributed by atoms with Crippen LogP contribution in [-0.4, -0.2) is 48.8 Å². The Balaban J connectivity index is 0.000000516. The SMILES string of the molecule is CC.CCCl.CCO.CC[N+]1(C)CCCCC1.CCc1ccc(CC(c2ccccc2)C(c2ccccc2)C(c2ccccc2)C(C)c2ccccc2)cc1. The molecule has 1 saturated heterocycles. The molecule has 1 heterocycles. The molecule has 0 radical (unpaired) electrons. The summed E-state index contributed by atoms with van der Waals surface area (Å²) in [5.74, 6) is 1.99. The fraction of sp³-hybridized carbons (Fsp3) is 0.423. The molecule has 55 heavy (non-hydrogen) atoms. The minimum absolute atomic E-state index is 0.250. The van der Waals surface area contributed by atoms with Gasteiger partial charge >= 0.3 is 0 Å². The predicted octanol–water partition coefficient (Wildman–Crippen LogP) is 13.9. The average Bonchev–Trinajstić information content (AvgIpc) is 3.25. The maximum atomic E-state index is 7.57. The molecule has 0 aliphatic carbocycles. The highest BCUT2D eigenvalue weighted by Gasteiger charge is 2.36. The second kappa shape index (κ2) is 27.8. The number of hydrogen-bond donors (Lipinski definition) is 1. The summed E-state index contributed by atoms with van der Waals surface area (Å²) in [6.45, 7) is 18.9. The topological polar surface area (TPSA) is 20.2 Å². The van der Waals surface area contributed by atoms with E-state index in [9.17, 15) is 0 Å². The third-order valence-corrected chi connectivity index (χ3v) is 10.8. The van der Waals surface area contributed by atoms with E-state index < -0.39 is 0 Å². The average molecular weight is 764 g/mol. The first-order chi connectivity index (χ1) is 26.8. The third-order valence-electron chi connectivity index (χ3n) is 10.8. The summed E-state index contributed by atoms with van der Waals surface area (Å²) < 4.78 is 1.32. The van der Waals surface area contributed by atoms with Gasteiger partial charge in [-0.3, -0.25) is 0 Å². The molecule has 0 saturated carbocycles. The zero-order chi connectivity index (χ0) is 40.3. The van der Waals surface area contributed by atoms with E-state index in [0.29, 0.717) is 23.7 Å². The van der Waals surface area contributed by atoms with E-state index in [1.165, 1.54) is 76.8 Å². The smallest absolute Gasteiger partial charge is 0.0784 e. The van der Waals surface area contributed by atoms with Crippen LogP contribution in [0.1, 0.15) is 125 Å². The first-order valence-corrected chi connectivity index (χ1v) is 21.7. The first kappa shape index (κ1) is 47.5. The van der Waals surface area contributed by atoms with Gasteiger partial charge in [0.2, 0.25) is 0 Å². The molecule has 3 heteroatoms. The molecule has 5 aromatic carbocycles. The van der Waals surface area contributed by atoms with Crippen molar-refractivity contribution >= 4 is 11.6 Å². The summed E-state index contributed by atoms with van der Waals surface area (Å²) in [5, 5.41) is 7.57. The zero-order valence-electron chi connectivity index (χ0n) is 35.5. The molecule has 0 spiro atoms. The molecule has 5 aromatic rings. The number of hydrogen-bond acceptors (Lipinski definition) is 1. The third kappa shape index (κ3) is 16.1. The number of aliphatic hydroxyl groups is 1. The lowest BCUT2D eigenvalue weighted by Crippen LogP contribution is -2.47. The first-order valence-electron chi connectivity index (χ1n) is 21.1. The van der Waals surface area contributed by atoms with Crippen LogP contribution in [0.2, 0.25) is 0 Å². The lowest BCUT2D eigenvalue weighted by atomic mass is 9.64. The highest BCUT2D eigenvalue weighted by Crippen LogP contribution is 2.51. The van der Waals surface area contributed by atoms with Crippen LogP contribution in [0.5, 0.6) is 0 Å². The van der Waals surface area contributed by atoms with Crippen LogP contribution < -0.4 is 0 Å². The van der Waals surface area contributed by atoms with Crippen molar-refractivity contribution in [1.29, 1.82) is 0 Å². The molecule has 1 N–H and O–H groups in total. The molecule has 2 nitrogen and oxygen atoms in total. The Morgan fingerprint density at radius 2 is 0.909 bits per heavy atom. The van der Waals surface area contributed by atoms with Crippen LogP contribution in [0, 0.1) is 0 Å². The monoisotopic (exact) mass is 763 g/mol. The number of piperidine rings is 1. The second-order valence-electron chi connectivity index (χ2n) is 14.5. The summed E-state index contributed by atoms with van der Waals surface area (Å²) in [4.78, 5) is 0. The molecule has 4 atom stereocenters. The van der Waals surface area contributed by atoms with Gasteiger partial charge in [0.05, 0.1) is 26.7 Å². The fourth-order valence-electron chi connectivity index (χ4n) is 7.72. The van der Waals surface area contributed by atoms with E-state index in [1.54, 1.807) is 6.92 Å². The molecular weight excluding hydrogens is 690 g/mol. The molecule has 1 fully saturated rings. The lowest BCUT2D eigenvalue weighted by Gasteiger charge is -2.39. The van der Waals surface area contributed by atoms with Gasteiger partial charge in [-0.2, -0.15) is 0 Å². The van der Waals surface area contributed by atoms with Gasteiger partial charge in [0.25, 0.3) is 0 Å². The van der Waals surface area contributed by atoms with Gasteiger partial charge in [0.15, 0.2) is 0 Å². The number of aliphatic hydroxyl groups excluding tert-OH is 1. The molecule has 298 valence electrons. The van der Waals surface area contributed by atoms with Crippen molar-refractivity contribution < 1.29 is 9.59 Å². The number of alkyl halides is 1. The Morgan fingerprint density at radius 3 is 1.29 bits per heavy atom. The standard InChI is InChI=1S/C38H38.C8H18N.C2H5Cl.C2H6O.C2H6/c1-3-30-24-26-31(27-25-30)28-36(33-18-10-5-11-19-33)38(35-22-14-7-15-23-35)37(34-20-12-6-13-21-34)29(2)32-16-8-4-9-17-32;1-3-9(2)7-5-4-6-8-9;2*1-2-3;1-2/h4-27,29,36-38H,3,28H2,1-2H3;3-8H2,1-2H3;2H2,1H3;3H,2H2,1H3;1-2H3/q;+1;;;. The highest BCUT2D eigenvalue weighted by molar-refractivity contribution is 6.17. The number of likely N-dealkylation sites (tertiary alicyclic amines) is 1. The predicted molar refractivity (Wildman–Crippen MR) is 243 cm³/mol. The van der Waals surface area contributed by atoms with Crippen molar-refractivity contribution in [3.05, 3.63) is 179 Å². The van der Waals surface area contributed by atoms with Gasteiger partial charge in [-0.1, -0.05) is 180 Å². The highest BCUT2D eigenvalue weighted by atomic mass is 35.5. The molecule has 0 aromatic heterocycles. The summed E-state index contributed by atoms with van der Waals surface area (Å²) in [6, 6.07) is 54.0. The second-order valence-corrected chi connectivity index (χ2v) is 15.0. The van der Waals surface area contributed by atoms with Gasteiger partial charge in [-0.25, -0.2) is 0 Å². The summed E-state index contributed by atoms with van der Waals surface area (Å²) in [5.41, 5.74) is 8.40. The van der Waals surface area contributed by atoms with Crippen LogP contribution in [0.3, 0.4) is 0 Å². The van der Waals surface area contributed by atoms with Crippen molar-refractivity contribution in [2.24, 2.45) is 0 Å². The summed E-state index contributed by atoms with van der Waals surface area (Å²) in [7, 11) is 2.37. The Kier molecular flexibility index (Phi) is 24.0. The minimum atomic E-state index is 0.250. The van der Waals surface area contributed by atoms with Gasteiger partial charge in [0.1, 0.15) is 0 Å². The maximum absolute atomic E-state index is 7.57. The fourth-order valence-corrected chi connectivity index (χ4v) is 7.72. The van der Waals surface area contributed by atoms with Crippen LogP contribution >= 0.6 is 11.6 Å².